The fraction of sp³-hybridized carbons (Fsp3) is 0.492. The van der Waals surface area contributed by atoms with Gasteiger partial charge in [-0.1, -0.05) is 49.7 Å². The standard InChI is InChI=1S/C32H40F4N4O7.C31H37F5N4O7/c1-3-4-9-37-13-19(14-47-31(46)29(43)28(42)30(44)45)38-18-11-22(33)25(23(34)12-18)27-26-21(20-7-5-6-8-24(20)39-26)10-17(2)40(27)15-32(35,36)16-41;1-16-9-20-19-5-2-3-6-23(19)39-25(20)26(40(16)14-31(35,36)15-41)24-21(33)10-17(11-22(24)34)38-18(12-37-8-4-7-32)13-47-30(46)28(43)27(42)29(44)45/h5-8,11-12,17,19,27-29,37-39,41-43H,3-4,9-10,13-16H2,1-2H3,(H,44,45);2-3,5-6,10-11,16,18,26-28,37-39,41-43H,4,7-9,12-15H2,1H3,(H,44,45)/t17-,19-,27-,28-,29-;16-,18+,26-,27-,28-/m11/s1. The van der Waals surface area contributed by atoms with E-state index in [2.05, 4.69) is 31.2 Å². The van der Waals surface area contributed by atoms with Crippen LogP contribution in [0.15, 0.2) is 72.8 Å². The van der Waals surface area contributed by atoms with Gasteiger partial charge in [0.1, 0.15) is 49.7 Å². The second kappa shape index (κ2) is 32.7. The molecule has 94 heavy (non-hydrogen) atoms. The van der Waals surface area contributed by atoms with Gasteiger partial charge in [-0.2, -0.15) is 0 Å². The van der Waals surface area contributed by atoms with Crippen molar-refractivity contribution in [1.29, 1.82) is 0 Å². The summed E-state index contributed by atoms with van der Waals surface area (Å²) >= 11 is 0. The molecule has 0 radical (unpaired) electrons. The van der Waals surface area contributed by atoms with Crippen LogP contribution < -0.4 is 21.3 Å². The maximum absolute atomic E-state index is 16.1. The Kier molecular flexibility index (Phi) is 25.7. The molecule has 8 rings (SSSR count). The molecule has 0 spiro atoms. The van der Waals surface area contributed by atoms with E-state index in [0.717, 1.165) is 59.0 Å². The van der Waals surface area contributed by atoms with Crippen LogP contribution in [0.4, 0.5) is 50.9 Å². The lowest BCUT2D eigenvalue weighted by atomic mass is 9.87. The van der Waals surface area contributed by atoms with Crippen LogP contribution in [0.2, 0.25) is 0 Å². The van der Waals surface area contributed by atoms with Crippen molar-refractivity contribution >= 4 is 57.1 Å². The number of carbonyl (C=O) groups excluding carboxylic acids is 2. The normalized spacial score (nSPS) is 18.8. The average Bonchev–Trinajstić information content (AvgIpc) is 1.50. The van der Waals surface area contributed by atoms with Gasteiger partial charge in [0, 0.05) is 80.9 Å². The Hall–Kier alpha value is -7.59. The number of alkyl halides is 5. The molecule has 516 valence electrons. The highest BCUT2D eigenvalue weighted by molar-refractivity contribution is 5.87. The first-order valence-corrected chi connectivity index (χ1v) is 30.2. The van der Waals surface area contributed by atoms with Crippen molar-refractivity contribution in [2.24, 2.45) is 0 Å². The van der Waals surface area contributed by atoms with Crippen molar-refractivity contribution in [2.75, 3.05) is 83.0 Å². The van der Waals surface area contributed by atoms with Gasteiger partial charge in [-0.3, -0.25) is 14.2 Å². The number of anilines is 2. The molecule has 0 bridgehead atoms. The fourth-order valence-electron chi connectivity index (χ4n) is 11.5. The number of carboxylic acid groups (broad SMARTS) is 2. The van der Waals surface area contributed by atoms with Crippen molar-refractivity contribution in [3.63, 3.8) is 0 Å². The minimum atomic E-state index is -3.57. The molecule has 2 aliphatic rings. The Balaban J connectivity index is 0.000000266. The van der Waals surface area contributed by atoms with E-state index in [1.807, 2.05) is 25.1 Å². The van der Waals surface area contributed by atoms with Crippen LogP contribution in [0.5, 0.6) is 0 Å². The zero-order chi connectivity index (χ0) is 68.9. The molecule has 22 nitrogen and oxygen atoms in total. The lowest BCUT2D eigenvalue weighted by Gasteiger charge is -2.42. The van der Waals surface area contributed by atoms with Gasteiger partial charge in [0.25, 0.3) is 11.8 Å². The molecule has 2 aromatic heterocycles. The third-order valence-corrected chi connectivity index (χ3v) is 16.2. The number of nitrogens with one attached hydrogen (secondary N) is 6. The molecule has 0 aliphatic carbocycles. The smallest absolute Gasteiger partial charge is 0.338 e. The first-order chi connectivity index (χ1) is 44.5. The Morgan fingerprint density at radius 2 is 0.957 bits per heavy atom. The van der Waals surface area contributed by atoms with Gasteiger partial charge in [-0.15, -0.1) is 0 Å². The van der Waals surface area contributed by atoms with Gasteiger partial charge in [-0.25, -0.2) is 54.3 Å². The number of para-hydroxylation sites is 2. The van der Waals surface area contributed by atoms with Crippen molar-refractivity contribution < 1.29 is 109 Å². The van der Waals surface area contributed by atoms with Crippen LogP contribution in [0.3, 0.4) is 0 Å². The lowest BCUT2D eigenvalue weighted by Crippen LogP contribution is -2.49. The number of halogens is 9. The number of benzene rings is 4. The molecule has 2 aliphatic heterocycles. The number of carbonyl (C=O) groups is 4. The van der Waals surface area contributed by atoms with Crippen molar-refractivity contribution in [3.05, 3.63) is 130 Å². The number of hydrogen-bond acceptors (Lipinski definition) is 18. The molecule has 10 atom stereocenters. The molecular weight excluding hydrogens is 1260 g/mol. The number of unbranched alkanes of at least 4 members (excludes halogenated alkanes) is 1. The third kappa shape index (κ3) is 18.0. The largest absolute Gasteiger partial charge is 0.479 e. The number of aliphatic hydroxyl groups excluding tert-OH is 6. The molecule has 0 fully saturated rings. The van der Waals surface area contributed by atoms with Crippen molar-refractivity contribution in [2.45, 2.75) is 125 Å². The van der Waals surface area contributed by atoms with E-state index < -0.39 is 177 Å². The van der Waals surface area contributed by atoms with Gasteiger partial charge in [-0.05, 0) is 100 Å². The summed E-state index contributed by atoms with van der Waals surface area (Å²) in [5.41, 5.74) is 2.30. The highest BCUT2D eigenvalue weighted by Gasteiger charge is 2.46. The van der Waals surface area contributed by atoms with E-state index in [-0.39, 0.29) is 37.4 Å². The Bertz CT molecular complexity index is 3290. The predicted molar refractivity (Wildman–Crippen MR) is 324 cm³/mol. The topological polar surface area (TPSA) is 335 Å². The Morgan fingerprint density at radius 3 is 1.30 bits per heavy atom. The first kappa shape index (κ1) is 73.8. The molecule has 4 aromatic carbocycles. The summed E-state index contributed by atoms with van der Waals surface area (Å²) in [5, 5.41) is 87.8. The average molecular weight is 1340 g/mol. The van der Waals surface area contributed by atoms with Gasteiger partial charge in [0.2, 0.25) is 0 Å². The highest BCUT2D eigenvalue weighted by Crippen LogP contribution is 2.46. The number of carboxylic acids is 2. The van der Waals surface area contributed by atoms with Crippen LogP contribution in [0.25, 0.3) is 21.8 Å². The first-order valence-electron chi connectivity index (χ1n) is 30.2. The molecule has 0 saturated heterocycles. The van der Waals surface area contributed by atoms with E-state index in [0.29, 0.717) is 41.8 Å². The summed E-state index contributed by atoms with van der Waals surface area (Å²) in [5.74, 6) is -17.9. The van der Waals surface area contributed by atoms with Gasteiger partial charge in [0.05, 0.1) is 43.9 Å². The van der Waals surface area contributed by atoms with E-state index >= 15 is 17.6 Å². The number of hydrogen-bond donors (Lipinski definition) is 14. The van der Waals surface area contributed by atoms with E-state index in [1.165, 1.54) is 9.80 Å². The Labute approximate surface area is 533 Å². The predicted octanol–water partition coefficient (Wildman–Crippen LogP) is 5.42. The van der Waals surface area contributed by atoms with Gasteiger partial charge in [0.15, 0.2) is 24.4 Å². The fourth-order valence-corrected chi connectivity index (χ4v) is 11.5. The number of aliphatic hydroxyl groups is 6. The van der Waals surface area contributed by atoms with Gasteiger partial charge >= 0.3 is 23.9 Å². The number of rotatable bonds is 32. The third-order valence-electron chi connectivity index (χ3n) is 16.2. The van der Waals surface area contributed by atoms with Crippen LogP contribution in [0, 0.1) is 23.3 Å². The number of esters is 2. The monoisotopic (exact) mass is 1340 g/mol. The molecule has 0 unspecified atom stereocenters. The summed E-state index contributed by atoms with van der Waals surface area (Å²) in [6.07, 6.45) is -7.20. The zero-order valence-corrected chi connectivity index (χ0v) is 51.3. The lowest BCUT2D eigenvalue weighted by molar-refractivity contribution is -0.170. The van der Waals surface area contributed by atoms with Crippen LogP contribution in [-0.4, -0.2) is 217 Å². The number of aromatic amines is 2. The minimum Gasteiger partial charge on any atom is -0.479 e. The van der Waals surface area contributed by atoms with Gasteiger partial charge < -0.3 is 81.6 Å². The number of nitrogens with zero attached hydrogens (tertiary/aromatic N) is 2. The number of aromatic nitrogens is 2. The SMILES string of the molecule is CCCCNC[C@H](COC(=O)[C@H](O)[C@@H](O)C(=O)O)Nc1cc(F)c([C@@H]2c3[nH]c4ccccc4c3C[C@@H](C)N2CC(F)(F)CO)c(F)c1.C[C@@H]1Cc2c([nH]c3ccccc23)[C@@H](c2c(F)cc(N[C@@H](CNCCCF)COC(=O)[C@H](O)[C@@H](O)C(=O)O)cc2F)N1CC(F)(F)CO. The van der Waals surface area contributed by atoms with Crippen LogP contribution >= 0.6 is 0 Å². The molecule has 4 heterocycles. The summed E-state index contributed by atoms with van der Waals surface area (Å²) in [7, 11) is 0. The van der Waals surface area contributed by atoms with Crippen LogP contribution in [-0.2, 0) is 41.5 Å². The summed E-state index contributed by atoms with van der Waals surface area (Å²) in [4.78, 5) is 54.9. The molecule has 0 saturated carbocycles. The number of ether oxygens (including phenoxy) is 2. The van der Waals surface area contributed by atoms with E-state index in [4.69, 9.17) is 19.7 Å². The second-order valence-electron chi connectivity index (χ2n) is 23.3. The van der Waals surface area contributed by atoms with E-state index in [1.54, 1.807) is 44.2 Å². The minimum absolute atomic E-state index is 0.0432. The molecule has 6 aromatic rings. The molecule has 31 heteroatoms. The number of H-pyrrole nitrogens is 2. The second-order valence-corrected chi connectivity index (χ2v) is 23.3. The maximum atomic E-state index is 16.1. The Morgan fingerprint density at radius 1 is 0.596 bits per heavy atom. The van der Waals surface area contributed by atoms with E-state index in [9.17, 15) is 71.8 Å². The van der Waals surface area contributed by atoms with Crippen molar-refractivity contribution in [3.8, 4) is 0 Å². The zero-order valence-electron chi connectivity index (χ0n) is 51.3. The maximum Gasteiger partial charge on any atom is 0.338 e. The molecule has 14 N–H and O–H groups in total. The van der Waals surface area contributed by atoms with Crippen molar-refractivity contribution in [1.82, 2.24) is 30.4 Å². The number of fused-ring (bicyclic) bond motifs is 6. The summed E-state index contributed by atoms with van der Waals surface area (Å²) in [6.45, 7) is -0.385. The highest BCUT2D eigenvalue weighted by atomic mass is 19.3. The molecular formula is C63H77F9N8O14. The quantitative estimate of drug-likeness (QED) is 0.0142. The summed E-state index contributed by atoms with van der Waals surface area (Å²) in [6, 6.07) is 12.6. The summed E-state index contributed by atoms with van der Waals surface area (Å²) < 4.78 is 145. The molecule has 0 amide bonds. The van der Waals surface area contributed by atoms with Crippen LogP contribution in [0.1, 0.15) is 85.8 Å². The number of aliphatic carboxylic acids is 2.